The average Bonchev–Trinajstić information content (AvgIpc) is 2.99. The minimum atomic E-state index is -0.628. The normalized spacial score (nSPS) is 16.6. The molecule has 0 aromatic heterocycles. The fraction of sp³-hybridized carbons (Fsp3) is 0.333. The van der Waals surface area contributed by atoms with Crippen LogP contribution in [0, 0.1) is 5.92 Å². The van der Waals surface area contributed by atoms with E-state index in [0.717, 1.165) is 5.56 Å². The molecule has 0 bridgehead atoms. The van der Waals surface area contributed by atoms with Crippen molar-refractivity contribution in [2.75, 3.05) is 52.9 Å². The highest BCUT2D eigenvalue weighted by molar-refractivity contribution is 6.00. The van der Waals surface area contributed by atoms with Crippen LogP contribution in [0.4, 0.5) is 11.4 Å². The average molecular weight is 551 g/mol. The maximum Gasteiger partial charge on any atom is 0.229 e. The zero-order valence-electron chi connectivity index (χ0n) is 23.5. The van der Waals surface area contributed by atoms with Gasteiger partial charge in [0, 0.05) is 29.9 Å². The van der Waals surface area contributed by atoms with Crippen LogP contribution in [0.5, 0.6) is 34.5 Å². The first-order valence-electron chi connectivity index (χ1n) is 12.7. The van der Waals surface area contributed by atoms with E-state index in [0.29, 0.717) is 52.3 Å². The first-order valence-corrected chi connectivity index (χ1v) is 12.7. The molecule has 0 spiro atoms. The summed E-state index contributed by atoms with van der Waals surface area (Å²) in [7, 11) is 9.21. The number of methoxy groups -OCH3 is 6. The molecule has 1 N–H and O–H groups in total. The van der Waals surface area contributed by atoms with Crippen LogP contribution in [0.25, 0.3) is 0 Å². The molecule has 10 nitrogen and oxygen atoms in total. The lowest BCUT2D eigenvalue weighted by Crippen LogP contribution is -2.47. The Morgan fingerprint density at radius 2 is 1.38 bits per heavy atom. The largest absolute Gasteiger partial charge is 0.497 e. The Hall–Kier alpha value is -4.60. The second kappa shape index (κ2) is 12.5. The Kier molecular flexibility index (Phi) is 8.88. The van der Waals surface area contributed by atoms with Gasteiger partial charge in [-0.15, -0.1) is 0 Å². The smallest absolute Gasteiger partial charge is 0.229 e. The Balaban J connectivity index is 1.78. The van der Waals surface area contributed by atoms with E-state index < -0.39 is 12.0 Å². The predicted octanol–water partition coefficient (Wildman–Crippen LogP) is 4.86. The first-order chi connectivity index (χ1) is 19.4. The van der Waals surface area contributed by atoms with Crippen LogP contribution in [-0.4, -0.2) is 54.5 Å². The number of ether oxygens (including phenoxy) is 6. The summed E-state index contributed by atoms with van der Waals surface area (Å²) in [6.45, 7) is 0. The Bertz CT molecular complexity index is 1330. The Morgan fingerprint density at radius 3 is 1.93 bits per heavy atom. The third-order valence-electron chi connectivity index (χ3n) is 6.97. The van der Waals surface area contributed by atoms with Crippen molar-refractivity contribution >= 4 is 23.2 Å². The molecule has 212 valence electrons. The van der Waals surface area contributed by atoms with Crippen LogP contribution in [0.3, 0.4) is 0 Å². The summed E-state index contributed by atoms with van der Waals surface area (Å²) >= 11 is 0. The summed E-state index contributed by atoms with van der Waals surface area (Å²) in [4.78, 5) is 29.0. The molecule has 2 atom stereocenters. The molecule has 0 saturated carbocycles. The van der Waals surface area contributed by atoms with Gasteiger partial charge in [0.05, 0.1) is 54.6 Å². The molecule has 40 heavy (non-hydrogen) atoms. The third kappa shape index (κ3) is 5.56. The minimum absolute atomic E-state index is 0.0956. The van der Waals surface area contributed by atoms with Crippen molar-refractivity contribution in [2.24, 2.45) is 5.92 Å². The Morgan fingerprint density at radius 1 is 0.750 bits per heavy atom. The second-order valence-corrected chi connectivity index (χ2v) is 9.07. The molecule has 0 unspecified atom stereocenters. The van der Waals surface area contributed by atoms with Crippen molar-refractivity contribution in [3.63, 3.8) is 0 Å². The van der Waals surface area contributed by atoms with Gasteiger partial charge in [-0.3, -0.25) is 9.59 Å². The van der Waals surface area contributed by atoms with E-state index in [-0.39, 0.29) is 18.2 Å². The highest BCUT2D eigenvalue weighted by Crippen LogP contribution is 2.44. The van der Waals surface area contributed by atoms with E-state index in [2.05, 4.69) is 5.32 Å². The summed E-state index contributed by atoms with van der Waals surface area (Å²) < 4.78 is 32.6. The lowest BCUT2D eigenvalue weighted by molar-refractivity contribution is -0.125. The molecule has 0 aliphatic carbocycles. The number of carbonyl (C=O) groups excluding carboxylic acids is 2. The molecule has 3 aromatic carbocycles. The van der Waals surface area contributed by atoms with Crippen molar-refractivity contribution in [1.29, 1.82) is 0 Å². The van der Waals surface area contributed by atoms with E-state index in [1.54, 1.807) is 62.6 Å². The van der Waals surface area contributed by atoms with Crippen LogP contribution < -0.4 is 38.6 Å². The number of nitrogens with zero attached hydrogens (tertiary/aromatic N) is 1. The molecule has 1 heterocycles. The molecule has 1 fully saturated rings. The van der Waals surface area contributed by atoms with Crippen molar-refractivity contribution in [3.05, 3.63) is 60.2 Å². The van der Waals surface area contributed by atoms with Gasteiger partial charge in [0.1, 0.15) is 5.75 Å². The van der Waals surface area contributed by atoms with Gasteiger partial charge in [-0.25, -0.2) is 0 Å². The third-order valence-corrected chi connectivity index (χ3v) is 6.97. The molecular formula is C30H34N2O8. The van der Waals surface area contributed by atoms with Crippen molar-refractivity contribution < 1.29 is 38.0 Å². The maximum absolute atomic E-state index is 13.9. The van der Waals surface area contributed by atoms with Crippen molar-refractivity contribution in [2.45, 2.75) is 18.9 Å². The van der Waals surface area contributed by atoms with E-state index in [1.165, 1.54) is 21.3 Å². The van der Waals surface area contributed by atoms with Crippen LogP contribution >= 0.6 is 0 Å². The van der Waals surface area contributed by atoms with E-state index in [9.17, 15) is 9.59 Å². The quantitative estimate of drug-likeness (QED) is 0.382. The van der Waals surface area contributed by atoms with E-state index in [4.69, 9.17) is 28.4 Å². The summed E-state index contributed by atoms with van der Waals surface area (Å²) in [6, 6.07) is 15.3. The lowest BCUT2D eigenvalue weighted by Gasteiger charge is -2.41. The molecule has 1 aliphatic heterocycles. The standard InChI is InChI=1S/C30H34N2O8/c1-35-21-10-8-20(9-11-21)32-27(33)14-12-22(28(32)18-7-13-23(36-2)24(15-18)37-3)30(34)31-19-16-25(38-4)29(40-6)26(17-19)39-5/h7-11,13,15-17,22,28H,12,14H2,1-6H3,(H,31,34)/t22-,28-/m1/s1. The number of amides is 2. The van der Waals surface area contributed by atoms with Crippen LogP contribution in [0.15, 0.2) is 54.6 Å². The molecule has 0 radical (unpaired) electrons. The number of anilines is 2. The zero-order chi connectivity index (χ0) is 28.8. The topological polar surface area (TPSA) is 105 Å². The van der Waals surface area contributed by atoms with Crippen molar-refractivity contribution in [3.8, 4) is 34.5 Å². The number of nitrogens with one attached hydrogen (secondary N) is 1. The maximum atomic E-state index is 13.9. The molecule has 10 heteroatoms. The number of benzene rings is 3. The zero-order valence-corrected chi connectivity index (χ0v) is 23.5. The number of carbonyl (C=O) groups is 2. The number of hydrogen-bond acceptors (Lipinski definition) is 8. The van der Waals surface area contributed by atoms with Gasteiger partial charge in [0.25, 0.3) is 0 Å². The summed E-state index contributed by atoms with van der Waals surface area (Å²) in [5.74, 6) is 1.98. The van der Waals surface area contributed by atoms with Crippen molar-refractivity contribution in [1.82, 2.24) is 0 Å². The fourth-order valence-electron chi connectivity index (χ4n) is 5.02. The van der Waals surface area contributed by atoms with Gasteiger partial charge in [-0.1, -0.05) is 6.07 Å². The lowest BCUT2D eigenvalue weighted by atomic mass is 9.83. The van der Waals surface area contributed by atoms with Gasteiger partial charge in [0.2, 0.25) is 17.6 Å². The fourth-order valence-corrected chi connectivity index (χ4v) is 5.02. The first kappa shape index (κ1) is 28.4. The van der Waals surface area contributed by atoms with Crippen LogP contribution in [0.1, 0.15) is 24.4 Å². The number of rotatable bonds is 10. The minimum Gasteiger partial charge on any atom is -0.497 e. The van der Waals surface area contributed by atoms with Gasteiger partial charge in [-0.2, -0.15) is 0 Å². The molecular weight excluding hydrogens is 516 g/mol. The molecule has 2 amide bonds. The van der Waals surface area contributed by atoms with Gasteiger partial charge >= 0.3 is 0 Å². The second-order valence-electron chi connectivity index (χ2n) is 9.07. The summed E-state index contributed by atoms with van der Waals surface area (Å²) in [5, 5.41) is 3.00. The predicted molar refractivity (Wildman–Crippen MR) is 150 cm³/mol. The van der Waals surface area contributed by atoms with Crippen LogP contribution in [-0.2, 0) is 9.59 Å². The molecule has 1 saturated heterocycles. The molecule has 4 rings (SSSR count). The monoisotopic (exact) mass is 550 g/mol. The van der Waals surface area contributed by atoms with E-state index >= 15 is 0 Å². The van der Waals surface area contributed by atoms with E-state index in [1.807, 2.05) is 18.2 Å². The highest BCUT2D eigenvalue weighted by Gasteiger charge is 2.42. The number of piperidine rings is 1. The summed E-state index contributed by atoms with van der Waals surface area (Å²) in [6.07, 6.45) is 0.546. The number of hydrogen-bond donors (Lipinski definition) is 1. The van der Waals surface area contributed by atoms with Gasteiger partial charge < -0.3 is 38.6 Å². The van der Waals surface area contributed by atoms with Gasteiger partial charge in [0.15, 0.2) is 23.0 Å². The molecule has 1 aliphatic rings. The Labute approximate surface area is 233 Å². The SMILES string of the molecule is COc1ccc(N2C(=O)CC[C@@H](C(=O)Nc3cc(OC)c(OC)c(OC)c3)[C@H]2c2ccc(OC)c(OC)c2)cc1. The summed E-state index contributed by atoms with van der Waals surface area (Å²) in [5.41, 5.74) is 1.85. The molecule has 3 aromatic rings. The van der Waals surface area contributed by atoms with Gasteiger partial charge in [-0.05, 0) is 48.4 Å². The highest BCUT2D eigenvalue weighted by atomic mass is 16.5. The van der Waals surface area contributed by atoms with Crippen LogP contribution in [0.2, 0.25) is 0 Å².